The van der Waals surface area contributed by atoms with E-state index in [0.29, 0.717) is 11.1 Å². The molecular formula is C20H24F3N3OS. The molecule has 0 saturated carbocycles. The Labute approximate surface area is 163 Å². The van der Waals surface area contributed by atoms with Gasteiger partial charge < -0.3 is 5.32 Å². The topological polar surface area (TPSA) is 65.0 Å². The zero-order valence-corrected chi connectivity index (χ0v) is 16.6. The fraction of sp³-hybridized carbons (Fsp3) is 0.400. The van der Waals surface area contributed by atoms with Gasteiger partial charge >= 0.3 is 0 Å². The normalized spacial score (nSPS) is 23.5. The molecule has 1 saturated heterocycles. The van der Waals surface area contributed by atoms with E-state index in [9.17, 15) is 13.0 Å². The van der Waals surface area contributed by atoms with Gasteiger partial charge in [0, 0.05) is 17.4 Å². The Bertz CT molecular complexity index is 963. The Balaban J connectivity index is 1.90. The molecule has 0 radical (unpaired) electrons. The van der Waals surface area contributed by atoms with Gasteiger partial charge in [0.2, 0.25) is 0 Å². The monoisotopic (exact) mass is 411 g/mol. The van der Waals surface area contributed by atoms with E-state index in [0.717, 1.165) is 11.1 Å². The average molecular weight is 411 g/mol. The summed E-state index contributed by atoms with van der Waals surface area (Å²) >= 11 is 0. The molecule has 0 aliphatic carbocycles. The largest absolute Gasteiger partial charge is 0.306 e. The lowest BCUT2D eigenvalue weighted by Crippen LogP contribution is -2.51. The van der Waals surface area contributed by atoms with E-state index in [2.05, 4.69) is 10.0 Å². The third-order valence-electron chi connectivity index (χ3n) is 5.03. The molecule has 3 rings (SSSR count). The highest BCUT2D eigenvalue weighted by molar-refractivity contribution is 7.90. The minimum atomic E-state index is -3.33. The van der Waals surface area contributed by atoms with Crippen LogP contribution < -0.4 is 10.0 Å². The molecule has 1 fully saturated rings. The van der Waals surface area contributed by atoms with Gasteiger partial charge in [-0.1, -0.05) is 55.0 Å². The molecule has 3 N–H and O–H groups in total. The minimum Gasteiger partial charge on any atom is -0.306 e. The van der Waals surface area contributed by atoms with Gasteiger partial charge in [-0.2, -0.15) is 0 Å². The third-order valence-corrected chi connectivity index (χ3v) is 6.48. The zero-order chi connectivity index (χ0) is 20.5. The fourth-order valence-corrected chi connectivity index (χ4v) is 4.36. The Kier molecular flexibility index (Phi) is 5.84. The van der Waals surface area contributed by atoms with Crippen LogP contribution in [0.15, 0.2) is 42.5 Å². The summed E-state index contributed by atoms with van der Waals surface area (Å²) in [6.07, 6.45) is -0.00200. The summed E-state index contributed by atoms with van der Waals surface area (Å²) in [7, 11) is -3.33. The maximum atomic E-state index is 15.1. The van der Waals surface area contributed by atoms with Gasteiger partial charge in [-0.25, -0.2) is 26.9 Å². The second-order valence-electron chi connectivity index (χ2n) is 7.16. The Morgan fingerprint density at radius 3 is 2.68 bits per heavy atom. The molecule has 2 aromatic rings. The number of alkyl halides is 2. The summed E-state index contributed by atoms with van der Waals surface area (Å²) in [5.41, 5.74) is 2.43. The van der Waals surface area contributed by atoms with Crippen molar-refractivity contribution in [2.45, 2.75) is 38.3 Å². The summed E-state index contributed by atoms with van der Waals surface area (Å²) in [6.45, 7) is 2.81. The number of benzene rings is 2. The Hall–Kier alpha value is -1.90. The van der Waals surface area contributed by atoms with E-state index in [1.54, 1.807) is 24.3 Å². The Morgan fingerprint density at radius 2 is 2.00 bits per heavy atom. The molecule has 28 heavy (non-hydrogen) atoms. The molecule has 2 aromatic carbocycles. The number of halogens is 3. The van der Waals surface area contributed by atoms with Gasteiger partial charge in [0.25, 0.3) is 5.92 Å². The smallest absolute Gasteiger partial charge is 0.277 e. The summed E-state index contributed by atoms with van der Waals surface area (Å²) in [6, 6.07) is 10.0. The van der Waals surface area contributed by atoms with Crippen LogP contribution in [0.1, 0.15) is 18.1 Å². The molecule has 8 heteroatoms. The number of hydrogen-bond acceptors (Lipinski definition) is 3. The summed E-state index contributed by atoms with van der Waals surface area (Å²) < 4.78 is 65.7. The van der Waals surface area contributed by atoms with E-state index in [1.807, 2.05) is 25.1 Å². The average Bonchev–Trinajstić information content (AvgIpc) is 2.91. The molecule has 3 atom stereocenters. The molecule has 0 amide bonds. The second-order valence-corrected chi connectivity index (χ2v) is 9.32. The van der Waals surface area contributed by atoms with Crippen LogP contribution in [0.5, 0.6) is 0 Å². The van der Waals surface area contributed by atoms with Crippen LogP contribution in [0, 0.1) is 17.5 Å². The van der Waals surface area contributed by atoms with Gasteiger partial charge in [0.15, 0.2) is 0 Å². The SMILES string of the molecule is CCS(=N)(=O)NC1C(Cc2cccc(-c3cccc(C)c3)c2F)NCC1(F)F. The minimum absolute atomic E-state index is 0.00200. The molecule has 4 nitrogen and oxygen atoms in total. The number of hydrogen-bond donors (Lipinski definition) is 3. The predicted octanol–water partition coefficient (Wildman–Crippen LogP) is 3.89. The van der Waals surface area contributed by atoms with E-state index < -0.39 is 40.3 Å². The van der Waals surface area contributed by atoms with Crippen LogP contribution in [0.25, 0.3) is 11.1 Å². The maximum absolute atomic E-state index is 15.1. The molecule has 0 aromatic heterocycles. The van der Waals surface area contributed by atoms with Crippen molar-refractivity contribution in [3.05, 3.63) is 59.4 Å². The van der Waals surface area contributed by atoms with Gasteiger partial charge in [-0.15, -0.1) is 0 Å². The van der Waals surface area contributed by atoms with Gasteiger partial charge in [-0.05, 0) is 24.5 Å². The molecule has 0 spiro atoms. The molecule has 1 heterocycles. The maximum Gasteiger partial charge on any atom is 0.277 e. The molecular weight excluding hydrogens is 387 g/mol. The lowest BCUT2D eigenvalue weighted by Gasteiger charge is -2.25. The van der Waals surface area contributed by atoms with E-state index in [4.69, 9.17) is 4.78 Å². The van der Waals surface area contributed by atoms with E-state index >= 15 is 4.39 Å². The molecule has 0 bridgehead atoms. The summed E-state index contributed by atoms with van der Waals surface area (Å²) in [4.78, 5) is 0. The van der Waals surface area contributed by atoms with Crippen molar-refractivity contribution in [2.24, 2.45) is 0 Å². The first-order valence-electron chi connectivity index (χ1n) is 9.12. The first-order valence-corrected chi connectivity index (χ1v) is 10.8. The fourth-order valence-electron chi connectivity index (χ4n) is 3.45. The summed E-state index contributed by atoms with van der Waals surface area (Å²) in [5.74, 6) is -3.71. The van der Waals surface area contributed by atoms with Crippen LogP contribution in [0.2, 0.25) is 0 Å². The van der Waals surface area contributed by atoms with Crippen molar-refractivity contribution in [3.63, 3.8) is 0 Å². The van der Waals surface area contributed by atoms with E-state index in [1.165, 1.54) is 6.92 Å². The lowest BCUT2D eigenvalue weighted by atomic mass is 9.95. The van der Waals surface area contributed by atoms with E-state index in [-0.39, 0.29) is 12.2 Å². The van der Waals surface area contributed by atoms with Crippen molar-refractivity contribution >= 4 is 9.92 Å². The zero-order valence-electron chi connectivity index (χ0n) is 15.8. The summed E-state index contributed by atoms with van der Waals surface area (Å²) in [5, 5.41) is 2.70. The highest BCUT2D eigenvalue weighted by Gasteiger charge is 2.51. The lowest BCUT2D eigenvalue weighted by molar-refractivity contribution is -0.000625. The number of rotatable bonds is 6. The molecule has 3 unspecified atom stereocenters. The van der Waals surface area contributed by atoms with Gasteiger partial charge in [0.1, 0.15) is 21.8 Å². The molecule has 152 valence electrons. The van der Waals surface area contributed by atoms with Crippen LogP contribution in [-0.4, -0.2) is 34.5 Å². The van der Waals surface area contributed by atoms with Crippen LogP contribution in [-0.2, 0) is 16.3 Å². The number of nitrogens with one attached hydrogen (secondary N) is 3. The van der Waals surface area contributed by atoms with Crippen molar-refractivity contribution < 1.29 is 17.4 Å². The van der Waals surface area contributed by atoms with Crippen LogP contribution >= 0.6 is 0 Å². The number of aryl methyl sites for hydroxylation is 1. The first-order chi connectivity index (χ1) is 13.1. The first kappa shape index (κ1) is 20.8. The highest BCUT2D eigenvalue weighted by atomic mass is 32.2. The van der Waals surface area contributed by atoms with Crippen molar-refractivity contribution in [3.8, 4) is 11.1 Å². The van der Waals surface area contributed by atoms with Gasteiger partial charge in [-0.3, -0.25) is 0 Å². The van der Waals surface area contributed by atoms with Crippen molar-refractivity contribution in [1.82, 2.24) is 10.0 Å². The van der Waals surface area contributed by atoms with Gasteiger partial charge in [0.05, 0.1) is 6.54 Å². The predicted molar refractivity (Wildman–Crippen MR) is 105 cm³/mol. The standard InChI is InChI=1S/C20H24F3N3OS/c1-3-28(24,27)26-19-17(25-12-20(19,22)23)11-15-8-5-9-16(18(15)21)14-7-4-6-13(2)10-14/h4-10,17,19,25H,3,11-12H2,1-2H3,(H2,24,26,27). The van der Waals surface area contributed by atoms with Crippen molar-refractivity contribution in [2.75, 3.05) is 12.3 Å². The Morgan fingerprint density at radius 1 is 1.29 bits per heavy atom. The third kappa shape index (κ3) is 4.39. The van der Waals surface area contributed by atoms with Crippen LogP contribution in [0.4, 0.5) is 13.2 Å². The molecule has 1 aliphatic rings. The second kappa shape index (κ2) is 7.85. The van der Waals surface area contributed by atoms with Crippen molar-refractivity contribution in [1.29, 1.82) is 4.78 Å². The van der Waals surface area contributed by atoms with Crippen LogP contribution in [0.3, 0.4) is 0 Å². The molecule has 1 aliphatic heterocycles. The highest BCUT2D eigenvalue weighted by Crippen LogP contribution is 2.31. The quantitative estimate of drug-likeness (QED) is 0.675.